The van der Waals surface area contributed by atoms with Gasteiger partial charge >= 0.3 is 6.18 Å². The van der Waals surface area contributed by atoms with Crippen LogP contribution in [0.3, 0.4) is 0 Å². The molecule has 0 saturated carbocycles. The highest BCUT2D eigenvalue weighted by molar-refractivity contribution is 14.0. The van der Waals surface area contributed by atoms with Gasteiger partial charge in [0.25, 0.3) is 0 Å². The number of unbranched alkanes of at least 4 members (excludes halogenated alkanes) is 1. The first-order valence-corrected chi connectivity index (χ1v) is 9.54. The van der Waals surface area contributed by atoms with Crippen LogP contribution >= 0.6 is 35.3 Å². The van der Waals surface area contributed by atoms with E-state index in [-0.39, 0.29) is 30.4 Å². The molecule has 0 saturated heterocycles. The Hall–Kier alpha value is -1.23. The van der Waals surface area contributed by atoms with Crippen molar-refractivity contribution in [1.82, 2.24) is 10.6 Å². The molecule has 0 aliphatic heterocycles. The molecule has 0 atom stereocenters. The molecular formula is C18H25F3IN3OS. The third-order valence-corrected chi connectivity index (χ3v) is 4.56. The molecule has 2 aromatic heterocycles. The lowest BCUT2D eigenvalue weighted by Crippen LogP contribution is -2.39. The lowest BCUT2D eigenvalue weighted by atomic mass is 10.2. The summed E-state index contributed by atoms with van der Waals surface area (Å²) in [6.45, 7) is 1.72. The van der Waals surface area contributed by atoms with Crippen molar-refractivity contribution in [3.8, 4) is 0 Å². The lowest BCUT2D eigenvalue weighted by Gasteiger charge is -2.12. The first-order chi connectivity index (χ1) is 12.5. The molecule has 0 aromatic carbocycles. The standard InChI is InChI=1S/C18H24F3N3OS.HI/c19-18(20,21)9-1-2-10-22-17(23-11-7-15-5-3-13-25-15)24-12-8-16-6-4-14-26-16;/h3-6,13-14H,1-2,7-12H2,(H2,22,23,24);1H. The zero-order valence-electron chi connectivity index (χ0n) is 14.9. The molecule has 0 spiro atoms. The van der Waals surface area contributed by atoms with Crippen molar-refractivity contribution >= 4 is 41.3 Å². The molecule has 0 aliphatic rings. The van der Waals surface area contributed by atoms with Crippen molar-refractivity contribution < 1.29 is 17.6 Å². The van der Waals surface area contributed by atoms with Gasteiger partial charge in [0.1, 0.15) is 5.76 Å². The molecule has 0 radical (unpaired) electrons. The highest BCUT2D eigenvalue weighted by Gasteiger charge is 2.25. The molecule has 4 nitrogen and oxygen atoms in total. The maximum atomic E-state index is 12.2. The van der Waals surface area contributed by atoms with Gasteiger partial charge in [-0.1, -0.05) is 6.07 Å². The van der Waals surface area contributed by atoms with Crippen molar-refractivity contribution in [1.29, 1.82) is 0 Å². The Balaban J connectivity index is 0.00000364. The molecule has 2 rings (SSSR count). The van der Waals surface area contributed by atoms with E-state index < -0.39 is 12.6 Å². The van der Waals surface area contributed by atoms with Crippen LogP contribution in [0.1, 0.15) is 29.9 Å². The molecule has 152 valence electrons. The molecule has 0 unspecified atom stereocenters. The second-order valence-electron chi connectivity index (χ2n) is 5.81. The number of nitrogens with one attached hydrogen (secondary N) is 2. The van der Waals surface area contributed by atoms with Gasteiger partial charge in [0.2, 0.25) is 0 Å². The molecule has 2 N–H and O–H groups in total. The summed E-state index contributed by atoms with van der Waals surface area (Å²) in [6, 6.07) is 7.83. The van der Waals surface area contributed by atoms with Gasteiger partial charge in [-0.05, 0) is 42.8 Å². The van der Waals surface area contributed by atoms with Crippen molar-refractivity contribution in [2.24, 2.45) is 4.99 Å². The predicted molar refractivity (Wildman–Crippen MR) is 114 cm³/mol. The van der Waals surface area contributed by atoms with Crippen LogP contribution in [0.4, 0.5) is 13.2 Å². The van der Waals surface area contributed by atoms with E-state index in [0.29, 0.717) is 31.9 Å². The van der Waals surface area contributed by atoms with Gasteiger partial charge in [-0.25, -0.2) is 0 Å². The Morgan fingerprint density at radius 3 is 2.48 bits per heavy atom. The van der Waals surface area contributed by atoms with Crippen molar-refractivity contribution in [2.45, 2.75) is 38.3 Å². The topological polar surface area (TPSA) is 49.6 Å². The van der Waals surface area contributed by atoms with Crippen LogP contribution in [0.5, 0.6) is 0 Å². The van der Waals surface area contributed by atoms with Gasteiger partial charge < -0.3 is 15.1 Å². The molecule has 2 heterocycles. The summed E-state index contributed by atoms with van der Waals surface area (Å²) in [6.07, 6.45) is -1.11. The third kappa shape index (κ3) is 11.3. The Kier molecular flexibility index (Phi) is 11.5. The van der Waals surface area contributed by atoms with Gasteiger partial charge in [0, 0.05) is 37.4 Å². The average Bonchev–Trinajstić information content (AvgIpc) is 3.26. The number of alkyl halides is 3. The number of guanidine groups is 1. The second-order valence-corrected chi connectivity index (χ2v) is 6.85. The highest BCUT2D eigenvalue weighted by atomic mass is 127. The summed E-state index contributed by atoms with van der Waals surface area (Å²) in [5.74, 6) is 1.50. The van der Waals surface area contributed by atoms with Crippen LogP contribution in [0.25, 0.3) is 0 Å². The minimum atomic E-state index is -4.09. The summed E-state index contributed by atoms with van der Waals surface area (Å²) in [5.41, 5.74) is 0. The molecule has 0 fully saturated rings. The molecule has 2 aromatic rings. The van der Waals surface area contributed by atoms with Crippen LogP contribution in [0, 0.1) is 0 Å². The van der Waals surface area contributed by atoms with E-state index in [1.165, 1.54) is 4.88 Å². The largest absolute Gasteiger partial charge is 0.469 e. The highest BCUT2D eigenvalue weighted by Crippen LogP contribution is 2.21. The maximum Gasteiger partial charge on any atom is 0.389 e. The van der Waals surface area contributed by atoms with E-state index in [9.17, 15) is 13.2 Å². The van der Waals surface area contributed by atoms with E-state index in [0.717, 1.165) is 18.7 Å². The monoisotopic (exact) mass is 515 g/mol. The Morgan fingerprint density at radius 2 is 1.85 bits per heavy atom. The number of furan rings is 1. The van der Waals surface area contributed by atoms with Crippen LogP contribution in [-0.2, 0) is 12.8 Å². The number of aliphatic imine (C=N–C) groups is 1. The van der Waals surface area contributed by atoms with Gasteiger partial charge in [-0.15, -0.1) is 35.3 Å². The van der Waals surface area contributed by atoms with Crippen LogP contribution in [0.15, 0.2) is 45.3 Å². The summed E-state index contributed by atoms with van der Waals surface area (Å²) < 4.78 is 41.8. The smallest absolute Gasteiger partial charge is 0.389 e. The summed E-state index contributed by atoms with van der Waals surface area (Å²) in [4.78, 5) is 5.66. The Labute approximate surface area is 178 Å². The number of nitrogens with zero attached hydrogens (tertiary/aromatic N) is 1. The first-order valence-electron chi connectivity index (χ1n) is 8.66. The fourth-order valence-corrected chi connectivity index (χ4v) is 3.03. The minimum absolute atomic E-state index is 0. The van der Waals surface area contributed by atoms with E-state index in [4.69, 9.17) is 4.42 Å². The number of rotatable bonds is 10. The van der Waals surface area contributed by atoms with Gasteiger partial charge in [-0.2, -0.15) is 13.2 Å². The second kappa shape index (κ2) is 13.0. The Morgan fingerprint density at radius 1 is 1.07 bits per heavy atom. The van der Waals surface area contributed by atoms with Gasteiger partial charge in [0.05, 0.1) is 6.26 Å². The average molecular weight is 515 g/mol. The molecule has 27 heavy (non-hydrogen) atoms. The molecule has 0 aliphatic carbocycles. The zero-order valence-corrected chi connectivity index (χ0v) is 18.1. The van der Waals surface area contributed by atoms with Crippen molar-refractivity contribution in [3.05, 3.63) is 46.5 Å². The fourth-order valence-electron chi connectivity index (χ4n) is 2.32. The molecular weight excluding hydrogens is 490 g/mol. The number of halogens is 4. The van der Waals surface area contributed by atoms with Gasteiger partial charge in [-0.3, -0.25) is 4.99 Å². The van der Waals surface area contributed by atoms with Crippen LogP contribution in [-0.4, -0.2) is 31.8 Å². The molecule has 9 heteroatoms. The summed E-state index contributed by atoms with van der Waals surface area (Å²) >= 11 is 1.70. The van der Waals surface area contributed by atoms with E-state index in [1.807, 2.05) is 23.6 Å². The fraction of sp³-hybridized carbons (Fsp3) is 0.500. The molecule has 0 amide bonds. The van der Waals surface area contributed by atoms with E-state index in [2.05, 4.69) is 21.7 Å². The SMILES string of the molecule is FC(F)(F)CCCCN=C(NCCc1ccco1)NCCc1cccs1.I. The van der Waals surface area contributed by atoms with Gasteiger partial charge in [0.15, 0.2) is 5.96 Å². The van der Waals surface area contributed by atoms with Crippen LogP contribution in [0.2, 0.25) is 0 Å². The number of thiophene rings is 1. The normalized spacial score (nSPS) is 11.9. The van der Waals surface area contributed by atoms with Crippen LogP contribution < -0.4 is 10.6 Å². The quantitative estimate of drug-likeness (QED) is 0.203. The third-order valence-electron chi connectivity index (χ3n) is 3.63. The predicted octanol–water partition coefficient (Wildman–Crippen LogP) is 5.01. The number of hydrogen-bond acceptors (Lipinski definition) is 3. The van der Waals surface area contributed by atoms with Crippen molar-refractivity contribution in [2.75, 3.05) is 19.6 Å². The van der Waals surface area contributed by atoms with E-state index >= 15 is 0 Å². The Bertz CT molecular complexity index is 589. The summed E-state index contributed by atoms with van der Waals surface area (Å²) in [7, 11) is 0. The van der Waals surface area contributed by atoms with Crippen molar-refractivity contribution in [3.63, 3.8) is 0 Å². The minimum Gasteiger partial charge on any atom is -0.469 e. The van der Waals surface area contributed by atoms with E-state index in [1.54, 1.807) is 17.6 Å². The maximum absolute atomic E-state index is 12.2. The lowest BCUT2D eigenvalue weighted by molar-refractivity contribution is -0.135. The summed E-state index contributed by atoms with van der Waals surface area (Å²) in [5, 5.41) is 8.48. The number of hydrogen-bond donors (Lipinski definition) is 2. The zero-order chi connectivity index (χ0) is 18.7. The first kappa shape index (κ1) is 23.8. The molecule has 0 bridgehead atoms.